The molecule has 0 radical (unpaired) electrons. The molecule has 9 heteroatoms. The van der Waals surface area contributed by atoms with E-state index in [-0.39, 0.29) is 17.6 Å². The Morgan fingerprint density at radius 3 is 2.38 bits per heavy atom. The highest BCUT2D eigenvalue weighted by molar-refractivity contribution is 6.08. The molecule has 1 aliphatic rings. The number of amides is 3. The highest BCUT2D eigenvalue weighted by Gasteiger charge is 2.22. The highest BCUT2D eigenvalue weighted by atomic mass is 16.2. The summed E-state index contributed by atoms with van der Waals surface area (Å²) in [5.41, 5.74) is 15.4. The maximum absolute atomic E-state index is 13.5. The summed E-state index contributed by atoms with van der Waals surface area (Å²) < 4.78 is 1.85. The van der Waals surface area contributed by atoms with Gasteiger partial charge in [-0.3, -0.25) is 19.8 Å². The van der Waals surface area contributed by atoms with E-state index in [1.54, 1.807) is 59.5 Å². The number of primary amides is 1. The molecule has 0 bridgehead atoms. The molecule has 4 aromatic rings. The van der Waals surface area contributed by atoms with Crippen molar-refractivity contribution in [1.29, 1.82) is 5.41 Å². The number of carbonyl (C=O) groups is 3. The van der Waals surface area contributed by atoms with Crippen LogP contribution in [-0.2, 0) is 11.3 Å². The first-order valence-electron chi connectivity index (χ1n) is 11.9. The molecule has 5 rings (SSSR count). The van der Waals surface area contributed by atoms with Crippen LogP contribution < -0.4 is 21.7 Å². The van der Waals surface area contributed by atoms with Crippen molar-refractivity contribution in [1.82, 2.24) is 4.57 Å². The van der Waals surface area contributed by atoms with E-state index >= 15 is 0 Å². The first kappa shape index (κ1) is 23.8. The van der Waals surface area contributed by atoms with Crippen molar-refractivity contribution in [3.8, 4) is 0 Å². The Bertz CT molecular complexity index is 1550. The van der Waals surface area contributed by atoms with Crippen molar-refractivity contribution < 1.29 is 14.4 Å². The molecule has 0 atom stereocenters. The van der Waals surface area contributed by atoms with Gasteiger partial charge in [-0.25, -0.2) is 0 Å². The summed E-state index contributed by atoms with van der Waals surface area (Å²) in [5.74, 6) is -0.826. The van der Waals surface area contributed by atoms with Crippen LogP contribution in [-0.4, -0.2) is 34.7 Å². The van der Waals surface area contributed by atoms with Crippen LogP contribution in [0.25, 0.3) is 10.9 Å². The summed E-state index contributed by atoms with van der Waals surface area (Å²) in [6.07, 6.45) is 1.34. The van der Waals surface area contributed by atoms with Crippen molar-refractivity contribution in [2.45, 2.75) is 19.4 Å². The fraction of sp³-hybridized carbons (Fsp3) is 0.143. The number of hydrogen-bond acceptors (Lipinski definition) is 4. The number of hydrogen-bond donors (Lipinski definition) is 4. The molecule has 6 N–H and O–H groups in total. The topological polar surface area (TPSA) is 147 Å². The van der Waals surface area contributed by atoms with Crippen LogP contribution in [0.2, 0.25) is 0 Å². The van der Waals surface area contributed by atoms with Gasteiger partial charge in [-0.05, 0) is 54.4 Å². The van der Waals surface area contributed by atoms with Crippen LogP contribution in [0.15, 0.2) is 72.8 Å². The van der Waals surface area contributed by atoms with Crippen molar-refractivity contribution in [3.63, 3.8) is 0 Å². The van der Waals surface area contributed by atoms with E-state index < -0.39 is 5.91 Å². The van der Waals surface area contributed by atoms with Gasteiger partial charge < -0.3 is 26.3 Å². The average molecular weight is 495 g/mol. The van der Waals surface area contributed by atoms with Gasteiger partial charge in [-0.15, -0.1) is 0 Å². The lowest BCUT2D eigenvalue weighted by atomic mass is 10.1. The zero-order valence-electron chi connectivity index (χ0n) is 20.0. The van der Waals surface area contributed by atoms with Gasteiger partial charge in [-0.1, -0.05) is 30.3 Å². The Balaban J connectivity index is 1.50. The van der Waals surface area contributed by atoms with Gasteiger partial charge in [0, 0.05) is 52.9 Å². The minimum Gasteiger partial charge on any atom is -0.384 e. The summed E-state index contributed by atoms with van der Waals surface area (Å²) in [7, 11) is 0. The molecule has 1 aliphatic heterocycles. The number of anilines is 2. The van der Waals surface area contributed by atoms with Crippen molar-refractivity contribution >= 4 is 45.8 Å². The first-order chi connectivity index (χ1) is 17.8. The van der Waals surface area contributed by atoms with Gasteiger partial charge in [0.2, 0.25) is 11.8 Å². The summed E-state index contributed by atoms with van der Waals surface area (Å²) >= 11 is 0. The number of nitrogens with one attached hydrogen (secondary N) is 2. The monoisotopic (exact) mass is 494 g/mol. The molecule has 9 nitrogen and oxygen atoms in total. The van der Waals surface area contributed by atoms with E-state index in [9.17, 15) is 14.4 Å². The van der Waals surface area contributed by atoms with E-state index in [4.69, 9.17) is 16.9 Å². The van der Waals surface area contributed by atoms with Crippen molar-refractivity contribution in [2.24, 2.45) is 11.5 Å². The number of fused-ring (bicyclic) bond motifs is 1. The van der Waals surface area contributed by atoms with Gasteiger partial charge in [-0.2, -0.15) is 0 Å². The van der Waals surface area contributed by atoms with Crippen molar-refractivity contribution in [3.05, 3.63) is 95.2 Å². The number of rotatable bonds is 7. The molecule has 0 spiro atoms. The molecule has 1 saturated heterocycles. The summed E-state index contributed by atoms with van der Waals surface area (Å²) in [5, 5.41) is 11.6. The van der Waals surface area contributed by atoms with Crippen LogP contribution in [0, 0.1) is 5.41 Å². The van der Waals surface area contributed by atoms with Gasteiger partial charge in [0.25, 0.3) is 5.91 Å². The number of nitrogens with two attached hydrogens (primary N) is 2. The van der Waals surface area contributed by atoms with E-state index in [0.717, 1.165) is 28.6 Å². The Morgan fingerprint density at radius 1 is 0.946 bits per heavy atom. The number of amidine groups is 1. The van der Waals surface area contributed by atoms with Crippen molar-refractivity contribution in [2.75, 3.05) is 16.8 Å². The van der Waals surface area contributed by atoms with Crippen LogP contribution in [0.1, 0.15) is 44.8 Å². The number of aromatic nitrogens is 1. The fourth-order valence-electron chi connectivity index (χ4n) is 4.61. The normalized spacial score (nSPS) is 13.2. The molecule has 0 unspecified atom stereocenters. The molecule has 1 fully saturated rings. The Morgan fingerprint density at radius 2 is 1.70 bits per heavy atom. The SMILES string of the molecule is N=C(N)c1ccc2cc(C(=O)Nc3cccc(N4CCCC4=O)c3)n(Cc3ccc(C(N)=O)cc3)c2c1. The second kappa shape index (κ2) is 9.62. The van der Waals surface area contributed by atoms with Crippen LogP contribution in [0.5, 0.6) is 0 Å². The lowest BCUT2D eigenvalue weighted by Crippen LogP contribution is -2.24. The average Bonchev–Trinajstić information content (AvgIpc) is 3.47. The molecule has 0 aliphatic carbocycles. The molecule has 37 heavy (non-hydrogen) atoms. The molecular weight excluding hydrogens is 468 g/mol. The number of benzene rings is 3. The summed E-state index contributed by atoms with van der Waals surface area (Å²) in [6.45, 7) is 1.01. The maximum Gasteiger partial charge on any atom is 0.272 e. The first-order valence-corrected chi connectivity index (χ1v) is 11.9. The maximum atomic E-state index is 13.5. The zero-order valence-corrected chi connectivity index (χ0v) is 20.0. The smallest absolute Gasteiger partial charge is 0.272 e. The van der Waals surface area contributed by atoms with Gasteiger partial charge in [0.1, 0.15) is 11.5 Å². The lowest BCUT2D eigenvalue weighted by Gasteiger charge is -2.17. The fourth-order valence-corrected chi connectivity index (χ4v) is 4.61. The molecule has 3 amide bonds. The highest BCUT2D eigenvalue weighted by Crippen LogP contribution is 2.27. The van der Waals surface area contributed by atoms with Crippen LogP contribution in [0.4, 0.5) is 11.4 Å². The quantitative estimate of drug-likeness (QED) is 0.230. The molecule has 186 valence electrons. The van der Waals surface area contributed by atoms with Crippen LogP contribution in [0.3, 0.4) is 0 Å². The summed E-state index contributed by atoms with van der Waals surface area (Å²) in [4.78, 5) is 38.9. The van der Waals surface area contributed by atoms with Gasteiger partial charge >= 0.3 is 0 Å². The predicted octanol–water partition coefficient (Wildman–Crippen LogP) is 3.45. The van der Waals surface area contributed by atoms with Gasteiger partial charge in [0.15, 0.2) is 0 Å². The van der Waals surface area contributed by atoms with E-state index in [1.165, 1.54) is 0 Å². The molecule has 2 heterocycles. The Labute approximate surface area is 213 Å². The molecular formula is C28H26N6O3. The second-order valence-electron chi connectivity index (χ2n) is 9.02. The molecule has 0 saturated carbocycles. The number of carbonyl (C=O) groups excluding carboxylic acids is 3. The Kier molecular flexibility index (Phi) is 6.19. The largest absolute Gasteiger partial charge is 0.384 e. The molecule has 1 aromatic heterocycles. The standard InChI is InChI=1S/C28H26N6O3/c29-26(30)20-11-10-19-13-24(34(23(19)14-20)16-17-6-8-18(9-7-17)27(31)36)28(37)32-21-3-1-4-22(15-21)33-12-2-5-25(33)35/h1,3-4,6-11,13-15H,2,5,12,16H2,(H3,29,30)(H2,31,36)(H,32,37). The second-order valence-corrected chi connectivity index (χ2v) is 9.02. The third-order valence-electron chi connectivity index (χ3n) is 6.52. The molecule has 3 aromatic carbocycles. The third kappa shape index (κ3) is 4.79. The van der Waals surface area contributed by atoms with E-state index in [2.05, 4.69) is 5.32 Å². The predicted molar refractivity (Wildman–Crippen MR) is 143 cm³/mol. The third-order valence-corrected chi connectivity index (χ3v) is 6.52. The number of nitrogen functional groups attached to an aromatic ring is 1. The summed E-state index contributed by atoms with van der Waals surface area (Å²) in [6, 6.07) is 21.3. The van der Waals surface area contributed by atoms with Crippen LogP contribution >= 0.6 is 0 Å². The zero-order chi connectivity index (χ0) is 26.1. The van der Waals surface area contributed by atoms with E-state index in [1.807, 2.05) is 22.8 Å². The van der Waals surface area contributed by atoms with Gasteiger partial charge in [0.05, 0.1) is 0 Å². The Hall–Kier alpha value is -4.92. The lowest BCUT2D eigenvalue weighted by molar-refractivity contribution is -0.117. The minimum atomic E-state index is -0.512. The minimum absolute atomic E-state index is 0.0697. The number of nitrogens with zero attached hydrogens (tertiary/aromatic N) is 2. The van der Waals surface area contributed by atoms with E-state index in [0.29, 0.717) is 42.0 Å².